The van der Waals surface area contributed by atoms with E-state index in [-0.39, 0.29) is 6.10 Å². The highest BCUT2D eigenvalue weighted by atomic mass is 35.5. The van der Waals surface area contributed by atoms with Crippen LogP contribution in [0.25, 0.3) is 0 Å². The van der Waals surface area contributed by atoms with Gasteiger partial charge in [-0.15, -0.1) is 5.11 Å². The molecule has 2 rings (SSSR count). The Morgan fingerprint density at radius 3 is 3.00 bits per heavy atom. The summed E-state index contributed by atoms with van der Waals surface area (Å²) in [5.74, 6) is 0.587. The number of hydrogen-bond donors (Lipinski definition) is 1. The number of benzene rings is 1. The van der Waals surface area contributed by atoms with Crippen LogP contribution < -0.4 is 4.74 Å². The van der Waals surface area contributed by atoms with Gasteiger partial charge in [-0.25, -0.2) is 4.79 Å². The molecule has 90 valence electrons. The minimum absolute atomic E-state index is 0.0425. The lowest BCUT2D eigenvalue weighted by Gasteiger charge is -2.07. The molecule has 0 bridgehead atoms. The molecular formula is C11H11ClN2O3. The monoisotopic (exact) mass is 254 g/mol. The van der Waals surface area contributed by atoms with Crippen molar-refractivity contribution in [2.24, 2.45) is 10.2 Å². The van der Waals surface area contributed by atoms with Crippen molar-refractivity contribution in [3.8, 4) is 5.75 Å². The largest absolute Gasteiger partial charge is 0.488 e. The van der Waals surface area contributed by atoms with Crippen molar-refractivity contribution in [3.63, 3.8) is 0 Å². The highest BCUT2D eigenvalue weighted by Gasteiger charge is 2.25. The fraction of sp³-hybridized carbons (Fsp3) is 0.364. The van der Waals surface area contributed by atoms with Crippen LogP contribution in [0.4, 0.5) is 10.5 Å². The summed E-state index contributed by atoms with van der Waals surface area (Å²) in [6, 6.07) is 1.57. The van der Waals surface area contributed by atoms with Gasteiger partial charge in [0.25, 0.3) is 0 Å². The molecular weight excluding hydrogens is 244 g/mol. The summed E-state index contributed by atoms with van der Waals surface area (Å²) < 4.78 is 5.60. The molecule has 0 aromatic heterocycles. The lowest BCUT2D eigenvalue weighted by Crippen LogP contribution is -2.05. The topological polar surface area (TPSA) is 71.2 Å². The zero-order valence-corrected chi connectivity index (χ0v) is 10.2. The number of carboxylic acid groups (broad SMARTS) is 1. The molecule has 0 saturated heterocycles. The second kappa shape index (κ2) is 4.33. The summed E-state index contributed by atoms with van der Waals surface area (Å²) in [6.07, 6.45) is -0.556. The van der Waals surface area contributed by atoms with Gasteiger partial charge in [-0.1, -0.05) is 16.7 Å². The van der Waals surface area contributed by atoms with Crippen LogP contribution in [0.5, 0.6) is 5.75 Å². The zero-order chi connectivity index (χ0) is 12.6. The molecule has 17 heavy (non-hydrogen) atoms. The summed E-state index contributed by atoms with van der Waals surface area (Å²) in [5.41, 5.74) is 2.28. The molecule has 6 heteroatoms. The third-order valence-electron chi connectivity index (χ3n) is 2.63. The molecule has 5 nitrogen and oxygen atoms in total. The van der Waals surface area contributed by atoms with E-state index in [1.807, 2.05) is 13.8 Å². The van der Waals surface area contributed by atoms with Gasteiger partial charge in [0.1, 0.15) is 11.8 Å². The highest BCUT2D eigenvalue weighted by Crippen LogP contribution is 2.43. The molecule has 1 aliphatic rings. The van der Waals surface area contributed by atoms with Gasteiger partial charge in [0, 0.05) is 17.0 Å². The van der Waals surface area contributed by atoms with Crippen molar-refractivity contribution in [2.75, 3.05) is 0 Å². The maximum absolute atomic E-state index is 10.4. The van der Waals surface area contributed by atoms with Crippen molar-refractivity contribution in [3.05, 3.63) is 22.2 Å². The van der Waals surface area contributed by atoms with Crippen LogP contribution in [0, 0.1) is 6.92 Å². The van der Waals surface area contributed by atoms with Crippen molar-refractivity contribution >= 4 is 23.4 Å². The normalized spacial score (nSPS) is 18.2. The average molecular weight is 255 g/mol. The Hall–Kier alpha value is -1.62. The number of ether oxygens (including phenoxy) is 1. The van der Waals surface area contributed by atoms with E-state index in [4.69, 9.17) is 21.4 Å². The molecule has 1 amide bonds. The average Bonchev–Trinajstić information content (AvgIpc) is 2.63. The quantitative estimate of drug-likeness (QED) is 0.776. The zero-order valence-electron chi connectivity index (χ0n) is 9.40. The van der Waals surface area contributed by atoms with Crippen LogP contribution in [0.1, 0.15) is 18.1 Å². The third-order valence-corrected chi connectivity index (χ3v) is 3.03. The molecule has 0 spiro atoms. The number of azo groups is 1. The van der Waals surface area contributed by atoms with E-state index < -0.39 is 6.09 Å². The second-order valence-corrected chi connectivity index (χ2v) is 4.33. The summed E-state index contributed by atoms with van der Waals surface area (Å²) in [5, 5.41) is 15.7. The van der Waals surface area contributed by atoms with Crippen molar-refractivity contribution in [1.29, 1.82) is 0 Å². The van der Waals surface area contributed by atoms with Gasteiger partial charge >= 0.3 is 6.09 Å². The Balaban J connectivity index is 2.51. The van der Waals surface area contributed by atoms with Gasteiger partial charge in [0.2, 0.25) is 0 Å². The first-order chi connectivity index (χ1) is 7.99. The maximum Gasteiger partial charge on any atom is 0.449 e. The Bertz CT molecular complexity index is 514. The van der Waals surface area contributed by atoms with E-state index >= 15 is 0 Å². The third kappa shape index (κ3) is 2.24. The standard InChI is InChI=1S/C11H11ClN2O3/c1-5-3-7-6(2)8(12)4-9(10(7)17-5)13-14-11(15)16/h4-5H,3H2,1-2H3,(H,15,16). The first-order valence-corrected chi connectivity index (χ1v) is 5.50. The molecule has 1 aromatic rings. The van der Waals surface area contributed by atoms with Crippen LogP contribution in [0.2, 0.25) is 5.02 Å². The molecule has 0 aliphatic carbocycles. The molecule has 1 heterocycles. The van der Waals surface area contributed by atoms with Gasteiger partial charge < -0.3 is 9.84 Å². The summed E-state index contributed by atoms with van der Waals surface area (Å²) in [4.78, 5) is 10.4. The van der Waals surface area contributed by atoms with E-state index in [0.717, 1.165) is 17.5 Å². The van der Waals surface area contributed by atoms with Crippen molar-refractivity contribution < 1.29 is 14.6 Å². The van der Waals surface area contributed by atoms with Crippen molar-refractivity contribution in [2.45, 2.75) is 26.4 Å². The van der Waals surface area contributed by atoms with Gasteiger partial charge in [0.15, 0.2) is 5.75 Å². The number of halogens is 1. The number of rotatable bonds is 1. The Morgan fingerprint density at radius 2 is 2.35 bits per heavy atom. The predicted octanol–water partition coefficient (Wildman–Crippen LogP) is 3.73. The molecule has 1 aromatic carbocycles. The Morgan fingerprint density at radius 1 is 1.65 bits per heavy atom. The van der Waals surface area contributed by atoms with E-state index in [1.54, 1.807) is 6.07 Å². The fourth-order valence-electron chi connectivity index (χ4n) is 1.84. The summed E-state index contributed by atoms with van der Waals surface area (Å²) in [6.45, 7) is 3.84. The van der Waals surface area contributed by atoms with Gasteiger partial charge in [0.05, 0.1) is 0 Å². The maximum atomic E-state index is 10.4. The molecule has 0 saturated carbocycles. The van der Waals surface area contributed by atoms with Gasteiger partial charge in [-0.2, -0.15) is 0 Å². The lowest BCUT2D eigenvalue weighted by molar-refractivity contribution is 0.204. The summed E-state index contributed by atoms with van der Waals surface area (Å²) >= 11 is 6.06. The van der Waals surface area contributed by atoms with Crippen LogP contribution in [-0.4, -0.2) is 17.3 Å². The molecule has 0 radical (unpaired) electrons. The first-order valence-electron chi connectivity index (χ1n) is 5.12. The minimum Gasteiger partial charge on any atom is -0.488 e. The van der Waals surface area contributed by atoms with Crippen LogP contribution in [-0.2, 0) is 6.42 Å². The molecule has 1 atom stereocenters. The molecule has 0 fully saturated rings. The van der Waals surface area contributed by atoms with E-state index in [0.29, 0.717) is 16.5 Å². The lowest BCUT2D eigenvalue weighted by atomic mass is 10.0. The molecule has 1 unspecified atom stereocenters. The summed E-state index contributed by atoms with van der Waals surface area (Å²) in [7, 11) is 0. The molecule has 1 N–H and O–H groups in total. The fourth-order valence-corrected chi connectivity index (χ4v) is 2.06. The number of amides is 1. The smallest absolute Gasteiger partial charge is 0.449 e. The second-order valence-electron chi connectivity index (χ2n) is 3.93. The van der Waals surface area contributed by atoms with Crippen LogP contribution >= 0.6 is 11.6 Å². The number of nitrogens with zero attached hydrogens (tertiary/aromatic N) is 2. The number of fused-ring (bicyclic) bond motifs is 1. The van der Waals surface area contributed by atoms with Crippen LogP contribution in [0.3, 0.4) is 0 Å². The Kier molecular flexibility index (Phi) is 3.02. The van der Waals surface area contributed by atoms with Crippen molar-refractivity contribution in [1.82, 2.24) is 0 Å². The number of hydrogen-bond acceptors (Lipinski definition) is 3. The van der Waals surface area contributed by atoms with E-state index in [9.17, 15) is 4.79 Å². The van der Waals surface area contributed by atoms with E-state index in [2.05, 4.69) is 10.2 Å². The predicted molar refractivity (Wildman–Crippen MR) is 62.5 cm³/mol. The van der Waals surface area contributed by atoms with Crippen LogP contribution in [0.15, 0.2) is 16.3 Å². The first kappa shape index (κ1) is 11.9. The SMILES string of the molecule is Cc1c(Cl)cc(N=NC(=O)O)c2c1CC(C)O2. The molecule has 1 aliphatic heterocycles. The minimum atomic E-state index is -1.35. The number of carbonyl (C=O) groups is 1. The highest BCUT2D eigenvalue weighted by molar-refractivity contribution is 6.31. The Labute approximate surface area is 103 Å². The van der Waals surface area contributed by atoms with Gasteiger partial charge in [-0.05, 0) is 25.5 Å². The van der Waals surface area contributed by atoms with E-state index in [1.165, 1.54) is 0 Å². The van der Waals surface area contributed by atoms with Gasteiger partial charge in [-0.3, -0.25) is 0 Å².